The summed E-state index contributed by atoms with van der Waals surface area (Å²) in [5, 5.41) is 5.27. The van der Waals surface area contributed by atoms with Crippen LogP contribution >= 0.6 is 22.7 Å². The quantitative estimate of drug-likeness (QED) is 0.147. The van der Waals surface area contributed by atoms with Crippen LogP contribution in [0.25, 0.3) is 84.9 Å². The highest BCUT2D eigenvalue weighted by atomic mass is 32.1. The number of hydrogen-bond donors (Lipinski definition) is 0. The number of benzene rings is 11. The van der Waals surface area contributed by atoms with Crippen molar-refractivity contribution in [2.24, 2.45) is 0 Å². The highest BCUT2D eigenvalue weighted by Gasteiger charge is 2.46. The van der Waals surface area contributed by atoms with Crippen LogP contribution in [0.15, 0.2) is 261 Å². The van der Waals surface area contributed by atoms with Gasteiger partial charge in [-0.3, -0.25) is 0 Å². The fourth-order valence-corrected chi connectivity index (χ4v) is 13.9. The van der Waals surface area contributed by atoms with Gasteiger partial charge in [0.15, 0.2) is 0 Å². The van der Waals surface area contributed by atoms with Crippen molar-refractivity contribution in [3.8, 4) is 44.5 Å². The van der Waals surface area contributed by atoms with E-state index in [-0.39, 0.29) is 0 Å². The molecule has 0 amide bonds. The Kier molecular flexibility index (Phi) is 9.55. The molecule has 328 valence electrons. The molecular weight excluding hydrogens is 883 g/mol. The predicted octanol–water partition coefficient (Wildman–Crippen LogP) is 19.3. The molecule has 0 N–H and O–H groups in total. The normalized spacial score (nSPS) is 12.7. The lowest BCUT2D eigenvalue weighted by atomic mass is 9.67. The zero-order valence-corrected chi connectivity index (χ0v) is 39.7. The second-order valence-electron chi connectivity index (χ2n) is 18.3. The molecule has 0 saturated carbocycles. The second-order valence-corrected chi connectivity index (χ2v) is 20.4. The average molecular weight is 926 g/mol. The standard InChI is InChI=1S/C67H43NS2/c1-3-15-48(16-4-1)67(49-17-5-2-6-18-49)61-26-10-7-19-55(61)60-43-47(35-42-62(60)67)44-29-36-50(37-30-44)68(51-38-31-45(32-39-51)53-22-13-24-58-56-20-8-11-27-63(56)69-65(53)58)52-40-33-46(34-41-52)54-23-14-25-59-57-21-9-12-28-64(57)70-66(54)59/h1-43H. The third-order valence-corrected chi connectivity index (χ3v) is 17.0. The Hall–Kier alpha value is -8.34. The van der Waals surface area contributed by atoms with Gasteiger partial charge in [-0.25, -0.2) is 0 Å². The van der Waals surface area contributed by atoms with Gasteiger partial charge in [0.2, 0.25) is 0 Å². The van der Waals surface area contributed by atoms with Crippen LogP contribution in [0.5, 0.6) is 0 Å². The molecular formula is C67H43NS2. The Morgan fingerprint density at radius 1 is 0.271 bits per heavy atom. The van der Waals surface area contributed by atoms with E-state index in [9.17, 15) is 0 Å². The minimum atomic E-state index is -0.419. The van der Waals surface area contributed by atoms with E-state index in [1.807, 2.05) is 22.7 Å². The molecule has 0 saturated heterocycles. The molecule has 1 aliphatic carbocycles. The molecule has 13 aromatic rings. The first-order chi connectivity index (χ1) is 34.7. The lowest BCUT2D eigenvalue weighted by Gasteiger charge is -2.33. The fourth-order valence-electron chi connectivity index (χ4n) is 11.4. The zero-order valence-electron chi connectivity index (χ0n) is 38.1. The van der Waals surface area contributed by atoms with E-state index in [1.54, 1.807) is 0 Å². The van der Waals surface area contributed by atoms with E-state index in [4.69, 9.17) is 0 Å². The first kappa shape index (κ1) is 40.7. The van der Waals surface area contributed by atoms with Gasteiger partial charge in [-0.05, 0) is 121 Å². The summed E-state index contributed by atoms with van der Waals surface area (Å²) in [5.74, 6) is 0. The van der Waals surface area contributed by atoms with E-state index in [0.717, 1.165) is 17.1 Å². The van der Waals surface area contributed by atoms with Gasteiger partial charge in [-0.2, -0.15) is 0 Å². The summed E-state index contributed by atoms with van der Waals surface area (Å²) in [7, 11) is 0. The van der Waals surface area contributed by atoms with E-state index in [0.29, 0.717) is 0 Å². The Labute approximate surface area is 415 Å². The number of rotatable bonds is 8. The predicted molar refractivity (Wildman–Crippen MR) is 301 cm³/mol. The number of nitrogens with zero attached hydrogens (tertiary/aromatic N) is 1. The van der Waals surface area contributed by atoms with Gasteiger partial charge >= 0.3 is 0 Å². The molecule has 1 nitrogen and oxygen atoms in total. The van der Waals surface area contributed by atoms with Crippen LogP contribution in [0.4, 0.5) is 17.1 Å². The third-order valence-electron chi connectivity index (χ3n) is 14.6. The topological polar surface area (TPSA) is 3.24 Å². The highest BCUT2D eigenvalue weighted by molar-refractivity contribution is 7.26. The minimum absolute atomic E-state index is 0.419. The zero-order chi connectivity index (χ0) is 46.2. The van der Waals surface area contributed by atoms with Crippen LogP contribution in [0.2, 0.25) is 0 Å². The van der Waals surface area contributed by atoms with Crippen LogP contribution in [-0.2, 0) is 5.41 Å². The Morgan fingerprint density at radius 3 is 1.20 bits per heavy atom. The monoisotopic (exact) mass is 925 g/mol. The summed E-state index contributed by atoms with van der Waals surface area (Å²) < 4.78 is 5.30. The van der Waals surface area contributed by atoms with Crippen LogP contribution in [0.1, 0.15) is 22.3 Å². The summed E-state index contributed by atoms with van der Waals surface area (Å²) in [6.07, 6.45) is 0. The maximum absolute atomic E-state index is 2.42. The minimum Gasteiger partial charge on any atom is -0.311 e. The molecule has 0 fully saturated rings. The van der Waals surface area contributed by atoms with Crippen molar-refractivity contribution in [3.05, 3.63) is 283 Å². The molecule has 0 radical (unpaired) electrons. The van der Waals surface area contributed by atoms with E-state index >= 15 is 0 Å². The number of anilines is 3. The largest absolute Gasteiger partial charge is 0.311 e. The van der Waals surface area contributed by atoms with Gasteiger partial charge in [0.05, 0.1) is 5.41 Å². The highest BCUT2D eigenvalue weighted by Crippen LogP contribution is 2.57. The second kappa shape index (κ2) is 16.4. The van der Waals surface area contributed by atoms with Crippen LogP contribution in [0.3, 0.4) is 0 Å². The van der Waals surface area contributed by atoms with Crippen molar-refractivity contribution in [3.63, 3.8) is 0 Å². The molecule has 0 atom stereocenters. The van der Waals surface area contributed by atoms with Gasteiger partial charge in [0.1, 0.15) is 0 Å². The Bertz CT molecular complexity index is 3890. The molecule has 1 aliphatic rings. The first-order valence-electron chi connectivity index (χ1n) is 24.0. The summed E-state index contributed by atoms with van der Waals surface area (Å²) >= 11 is 3.76. The van der Waals surface area contributed by atoms with Gasteiger partial charge in [0, 0.05) is 57.4 Å². The van der Waals surface area contributed by atoms with Crippen LogP contribution < -0.4 is 4.90 Å². The van der Waals surface area contributed by atoms with Crippen molar-refractivity contribution < 1.29 is 0 Å². The van der Waals surface area contributed by atoms with Crippen LogP contribution in [-0.4, -0.2) is 0 Å². The Morgan fingerprint density at radius 2 is 0.671 bits per heavy atom. The average Bonchev–Trinajstić information content (AvgIpc) is 4.11. The van der Waals surface area contributed by atoms with Crippen molar-refractivity contribution in [2.45, 2.75) is 5.41 Å². The summed E-state index contributed by atoms with van der Waals surface area (Å²) in [4.78, 5) is 2.39. The molecule has 11 aromatic carbocycles. The summed E-state index contributed by atoms with van der Waals surface area (Å²) in [6, 6.07) is 96.6. The summed E-state index contributed by atoms with van der Waals surface area (Å²) in [5.41, 5.74) is 18.0. The van der Waals surface area contributed by atoms with E-state index in [2.05, 4.69) is 266 Å². The molecule has 0 bridgehead atoms. The molecule has 2 heterocycles. The molecule has 0 aliphatic heterocycles. The van der Waals surface area contributed by atoms with Gasteiger partial charge in [0.25, 0.3) is 0 Å². The van der Waals surface area contributed by atoms with Crippen molar-refractivity contribution in [1.82, 2.24) is 0 Å². The fraction of sp³-hybridized carbons (Fsp3) is 0.0149. The van der Waals surface area contributed by atoms with Crippen molar-refractivity contribution in [2.75, 3.05) is 4.90 Å². The SMILES string of the molecule is c1ccc(C2(c3ccccc3)c3ccccc3-c3cc(-c4ccc(N(c5ccc(-c6cccc7c6sc6ccccc67)cc5)c5ccc(-c6cccc7c6sc6ccccc67)cc5)cc4)ccc32)cc1. The van der Waals surface area contributed by atoms with Crippen molar-refractivity contribution in [1.29, 1.82) is 0 Å². The lowest BCUT2D eigenvalue weighted by molar-refractivity contribution is 0.768. The van der Waals surface area contributed by atoms with Crippen molar-refractivity contribution >= 4 is 80.1 Å². The molecule has 2 aromatic heterocycles. The molecule has 14 rings (SSSR count). The number of thiophene rings is 2. The van der Waals surface area contributed by atoms with Gasteiger partial charge in [-0.15, -0.1) is 22.7 Å². The number of fused-ring (bicyclic) bond motifs is 9. The first-order valence-corrected chi connectivity index (χ1v) is 25.6. The Balaban J connectivity index is 0.864. The summed E-state index contributed by atoms with van der Waals surface area (Å²) in [6.45, 7) is 0. The number of hydrogen-bond acceptors (Lipinski definition) is 3. The smallest absolute Gasteiger partial charge is 0.0713 e. The van der Waals surface area contributed by atoms with E-state index < -0.39 is 5.41 Å². The third kappa shape index (κ3) is 6.36. The van der Waals surface area contributed by atoms with Gasteiger partial charge in [-0.1, -0.05) is 206 Å². The van der Waals surface area contributed by atoms with E-state index in [1.165, 1.54) is 107 Å². The lowest BCUT2D eigenvalue weighted by Crippen LogP contribution is -2.28. The van der Waals surface area contributed by atoms with Crippen LogP contribution in [0, 0.1) is 0 Å². The molecule has 0 spiro atoms. The molecule has 70 heavy (non-hydrogen) atoms. The molecule has 3 heteroatoms. The maximum Gasteiger partial charge on any atom is 0.0713 e. The molecule has 0 unspecified atom stereocenters. The van der Waals surface area contributed by atoms with Gasteiger partial charge < -0.3 is 4.90 Å². The maximum atomic E-state index is 2.42.